The van der Waals surface area contributed by atoms with Gasteiger partial charge in [0.2, 0.25) is 0 Å². The first kappa shape index (κ1) is 9.87. The van der Waals surface area contributed by atoms with E-state index in [1.54, 1.807) is 11.3 Å². The summed E-state index contributed by atoms with van der Waals surface area (Å²) >= 11 is 7.47. The van der Waals surface area contributed by atoms with Crippen LogP contribution in [0.3, 0.4) is 0 Å². The predicted octanol–water partition coefficient (Wildman–Crippen LogP) is 4.02. The molecular formula is C12H9ClN2S. The molecule has 3 aromatic rings. The third kappa shape index (κ3) is 1.62. The van der Waals surface area contributed by atoms with Crippen molar-refractivity contribution in [3.8, 4) is 10.6 Å². The molecule has 0 aliphatic rings. The Kier molecular flexibility index (Phi) is 2.23. The molecule has 0 unspecified atom stereocenters. The molecule has 0 aromatic carbocycles. The summed E-state index contributed by atoms with van der Waals surface area (Å²) in [5.41, 5.74) is 3.16. The first-order valence-electron chi connectivity index (χ1n) is 4.93. The number of rotatable bonds is 1. The van der Waals surface area contributed by atoms with Gasteiger partial charge in [0.25, 0.3) is 0 Å². The molecule has 0 atom stereocenters. The van der Waals surface area contributed by atoms with Crippen molar-refractivity contribution in [1.29, 1.82) is 0 Å². The molecule has 0 spiro atoms. The minimum absolute atomic E-state index is 0.795. The van der Waals surface area contributed by atoms with Gasteiger partial charge in [-0.05, 0) is 30.7 Å². The van der Waals surface area contributed by atoms with Crippen LogP contribution in [-0.4, -0.2) is 9.38 Å². The molecule has 0 aliphatic heterocycles. The maximum Gasteiger partial charge on any atom is 0.137 e. The Labute approximate surface area is 102 Å². The molecule has 0 amide bonds. The number of pyridine rings is 1. The number of halogens is 1. The van der Waals surface area contributed by atoms with Crippen LogP contribution in [0.15, 0.2) is 36.7 Å². The van der Waals surface area contributed by atoms with E-state index in [9.17, 15) is 0 Å². The van der Waals surface area contributed by atoms with Crippen LogP contribution in [-0.2, 0) is 0 Å². The molecule has 0 fully saturated rings. The summed E-state index contributed by atoms with van der Waals surface area (Å²) in [5, 5.41) is 0. The summed E-state index contributed by atoms with van der Waals surface area (Å²) in [6.07, 6.45) is 4.10. The molecule has 3 heterocycles. The van der Waals surface area contributed by atoms with Crippen molar-refractivity contribution in [2.45, 2.75) is 6.92 Å². The van der Waals surface area contributed by atoms with E-state index in [1.165, 1.54) is 5.56 Å². The van der Waals surface area contributed by atoms with Crippen molar-refractivity contribution >= 4 is 28.6 Å². The average molecular weight is 249 g/mol. The maximum absolute atomic E-state index is 5.92. The molecule has 0 bridgehead atoms. The molecule has 3 aromatic heterocycles. The van der Waals surface area contributed by atoms with Gasteiger partial charge >= 0.3 is 0 Å². The Morgan fingerprint density at radius 2 is 2.06 bits per heavy atom. The number of hydrogen-bond acceptors (Lipinski definition) is 2. The number of aryl methyl sites for hydroxylation is 1. The molecular weight excluding hydrogens is 240 g/mol. The monoisotopic (exact) mass is 248 g/mol. The fraction of sp³-hybridized carbons (Fsp3) is 0.0833. The van der Waals surface area contributed by atoms with Gasteiger partial charge in [-0.2, -0.15) is 0 Å². The first-order valence-corrected chi connectivity index (χ1v) is 6.13. The molecule has 3 rings (SSSR count). The molecule has 4 heteroatoms. The van der Waals surface area contributed by atoms with Crippen LogP contribution in [0.2, 0.25) is 4.34 Å². The van der Waals surface area contributed by atoms with E-state index < -0.39 is 0 Å². The number of fused-ring (bicyclic) bond motifs is 1. The maximum atomic E-state index is 5.92. The Bertz CT molecular complexity index is 654. The highest BCUT2D eigenvalue weighted by Crippen LogP contribution is 2.30. The molecule has 2 nitrogen and oxygen atoms in total. The van der Waals surface area contributed by atoms with E-state index in [0.29, 0.717) is 0 Å². The predicted molar refractivity (Wildman–Crippen MR) is 68.3 cm³/mol. The molecule has 0 saturated heterocycles. The van der Waals surface area contributed by atoms with Gasteiger partial charge < -0.3 is 4.40 Å². The largest absolute Gasteiger partial charge is 0.306 e. The Morgan fingerprint density at radius 1 is 1.19 bits per heavy atom. The number of nitrogens with zero attached hydrogens (tertiary/aromatic N) is 2. The highest BCUT2D eigenvalue weighted by molar-refractivity contribution is 7.19. The zero-order valence-electron chi connectivity index (χ0n) is 8.64. The summed E-state index contributed by atoms with van der Waals surface area (Å²) in [6.45, 7) is 2.07. The number of imidazole rings is 1. The SMILES string of the molecule is Cc1ccc2nc(-c3ccc(Cl)s3)cn2c1. The fourth-order valence-electron chi connectivity index (χ4n) is 1.67. The normalized spacial score (nSPS) is 11.1. The quantitative estimate of drug-likeness (QED) is 0.636. The molecule has 0 aliphatic carbocycles. The minimum Gasteiger partial charge on any atom is -0.306 e. The summed E-state index contributed by atoms with van der Waals surface area (Å²) < 4.78 is 2.83. The van der Waals surface area contributed by atoms with Gasteiger partial charge in [0.1, 0.15) is 5.65 Å². The van der Waals surface area contributed by atoms with Crippen LogP contribution in [0, 0.1) is 6.92 Å². The lowest BCUT2D eigenvalue weighted by molar-refractivity contribution is 1.16. The van der Waals surface area contributed by atoms with Gasteiger partial charge in [0.05, 0.1) is 14.9 Å². The van der Waals surface area contributed by atoms with E-state index in [4.69, 9.17) is 11.6 Å². The number of thiophene rings is 1. The number of hydrogen-bond donors (Lipinski definition) is 0. The highest BCUT2D eigenvalue weighted by atomic mass is 35.5. The van der Waals surface area contributed by atoms with Gasteiger partial charge in [-0.3, -0.25) is 0 Å². The van der Waals surface area contributed by atoms with E-state index >= 15 is 0 Å². The van der Waals surface area contributed by atoms with E-state index in [1.807, 2.05) is 28.8 Å². The van der Waals surface area contributed by atoms with Crippen molar-refractivity contribution in [2.24, 2.45) is 0 Å². The topological polar surface area (TPSA) is 17.3 Å². The third-order valence-electron chi connectivity index (χ3n) is 2.42. The lowest BCUT2D eigenvalue weighted by Gasteiger charge is -1.92. The highest BCUT2D eigenvalue weighted by Gasteiger charge is 2.06. The summed E-state index contributed by atoms with van der Waals surface area (Å²) in [4.78, 5) is 5.66. The second-order valence-electron chi connectivity index (χ2n) is 3.70. The second kappa shape index (κ2) is 3.61. The smallest absolute Gasteiger partial charge is 0.137 e. The summed E-state index contributed by atoms with van der Waals surface area (Å²) in [7, 11) is 0. The minimum atomic E-state index is 0.795. The van der Waals surface area contributed by atoms with Crippen molar-refractivity contribution < 1.29 is 0 Å². The van der Waals surface area contributed by atoms with Crippen LogP contribution >= 0.6 is 22.9 Å². The van der Waals surface area contributed by atoms with Crippen molar-refractivity contribution in [3.63, 3.8) is 0 Å². The van der Waals surface area contributed by atoms with E-state index in [2.05, 4.69) is 24.2 Å². The first-order chi connectivity index (χ1) is 7.72. The Hall–Kier alpha value is -1.32. The zero-order valence-corrected chi connectivity index (χ0v) is 10.2. The van der Waals surface area contributed by atoms with Gasteiger partial charge in [-0.15, -0.1) is 11.3 Å². The fourth-order valence-corrected chi connectivity index (χ4v) is 2.67. The Balaban J connectivity index is 2.18. The van der Waals surface area contributed by atoms with Crippen LogP contribution < -0.4 is 0 Å². The molecule has 0 saturated carbocycles. The van der Waals surface area contributed by atoms with E-state index in [0.717, 1.165) is 20.6 Å². The van der Waals surface area contributed by atoms with Crippen LogP contribution in [0.5, 0.6) is 0 Å². The van der Waals surface area contributed by atoms with Crippen LogP contribution in [0.25, 0.3) is 16.2 Å². The van der Waals surface area contributed by atoms with Gasteiger partial charge in [-0.25, -0.2) is 4.98 Å². The van der Waals surface area contributed by atoms with Gasteiger partial charge in [0, 0.05) is 12.4 Å². The summed E-state index contributed by atoms with van der Waals surface area (Å²) in [6, 6.07) is 7.99. The van der Waals surface area contributed by atoms with Crippen molar-refractivity contribution in [1.82, 2.24) is 9.38 Å². The third-order valence-corrected chi connectivity index (χ3v) is 3.68. The lowest BCUT2D eigenvalue weighted by Crippen LogP contribution is -1.82. The van der Waals surface area contributed by atoms with Crippen LogP contribution in [0.4, 0.5) is 0 Å². The Morgan fingerprint density at radius 3 is 2.81 bits per heavy atom. The lowest BCUT2D eigenvalue weighted by atomic mass is 10.3. The van der Waals surface area contributed by atoms with Gasteiger partial charge in [0.15, 0.2) is 0 Å². The molecule has 0 N–H and O–H groups in total. The van der Waals surface area contributed by atoms with E-state index in [-0.39, 0.29) is 0 Å². The summed E-state index contributed by atoms with van der Waals surface area (Å²) in [5.74, 6) is 0. The van der Waals surface area contributed by atoms with Crippen LogP contribution in [0.1, 0.15) is 5.56 Å². The average Bonchev–Trinajstić information content (AvgIpc) is 2.83. The number of aromatic nitrogens is 2. The zero-order chi connectivity index (χ0) is 11.1. The van der Waals surface area contributed by atoms with Gasteiger partial charge in [-0.1, -0.05) is 17.7 Å². The van der Waals surface area contributed by atoms with Crippen molar-refractivity contribution in [2.75, 3.05) is 0 Å². The second-order valence-corrected chi connectivity index (χ2v) is 5.42. The molecule has 16 heavy (non-hydrogen) atoms. The van der Waals surface area contributed by atoms with Crippen molar-refractivity contribution in [3.05, 3.63) is 46.6 Å². The molecule has 0 radical (unpaired) electrons. The molecule has 80 valence electrons. The standard InChI is InChI=1S/C12H9ClN2S/c1-8-2-5-12-14-9(7-15(12)6-8)10-3-4-11(13)16-10/h2-7H,1H3.